The Labute approximate surface area is 101 Å². The number of aryl methyl sites for hydroxylation is 1. The second-order valence-electron chi connectivity index (χ2n) is 3.74. The van der Waals surface area contributed by atoms with Crippen LogP contribution in [0.1, 0.15) is 16.1 Å². The van der Waals surface area contributed by atoms with Crippen molar-refractivity contribution in [3.8, 4) is 11.3 Å². The summed E-state index contributed by atoms with van der Waals surface area (Å²) in [5.74, 6) is 0. The van der Waals surface area contributed by atoms with Crippen LogP contribution in [0.25, 0.3) is 11.3 Å². The smallest absolute Gasteiger partial charge is 0.298 e. The van der Waals surface area contributed by atoms with Gasteiger partial charge in [0.05, 0.1) is 5.69 Å². The van der Waals surface area contributed by atoms with Gasteiger partial charge in [-0.1, -0.05) is 24.3 Å². The number of nitrogens with zero attached hydrogens (tertiary/aromatic N) is 2. The molecule has 18 heavy (non-hydrogen) atoms. The summed E-state index contributed by atoms with van der Waals surface area (Å²) in [7, 11) is 1.41. The van der Waals surface area contributed by atoms with E-state index in [2.05, 4.69) is 5.10 Å². The van der Waals surface area contributed by atoms with Crippen LogP contribution in [0, 0.1) is 0 Å². The second-order valence-corrected chi connectivity index (χ2v) is 3.74. The summed E-state index contributed by atoms with van der Waals surface area (Å²) < 4.78 is 38.7. The van der Waals surface area contributed by atoms with E-state index in [1.54, 1.807) is 24.3 Å². The fourth-order valence-electron chi connectivity index (χ4n) is 1.69. The largest absolute Gasteiger partial charge is 0.435 e. The SMILES string of the molecule is Cn1nc(C(F)(F)F)cc1-c1ccccc1C=O. The number of aromatic nitrogens is 2. The molecule has 1 heterocycles. The molecule has 1 aromatic heterocycles. The molecule has 0 amide bonds. The third kappa shape index (κ3) is 2.13. The molecule has 0 aliphatic carbocycles. The molecule has 0 fully saturated rings. The van der Waals surface area contributed by atoms with Crippen molar-refractivity contribution in [2.75, 3.05) is 0 Å². The van der Waals surface area contributed by atoms with Crippen LogP contribution in [0.15, 0.2) is 30.3 Å². The average molecular weight is 254 g/mol. The van der Waals surface area contributed by atoms with Crippen LogP contribution in [0.5, 0.6) is 0 Å². The van der Waals surface area contributed by atoms with Gasteiger partial charge in [0.25, 0.3) is 0 Å². The minimum absolute atomic E-state index is 0.255. The summed E-state index contributed by atoms with van der Waals surface area (Å²) in [5, 5.41) is 3.41. The molecule has 1 aromatic carbocycles. The van der Waals surface area contributed by atoms with E-state index in [0.29, 0.717) is 17.4 Å². The van der Waals surface area contributed by atoms with Gasteiger partial charge in [0, 0.05) is 18.2 Å². The van der Waals surface area contributed by atoms with Crippen LogP contribution in [0.4, 0.5) is 13.2 Å². The zero-order valence-electron chi connectivity index (χ0n) is 9.40. The zero-order chi connectivity index (χ0) is 13.3. The van der Waals surface area contributed by atoms with Gasteiger partial charge in [-0.05, 0) is 6.07 Å². The van der Waals surface area contributed by atoms with Gasteiger partial charge in [-0.25, -0.2) is 0 Å². The lowest BCUT2D eigenvalue weighted by Gasteiger charge is -2.03. The van der Waals surface area contributed by atoms with Gasteiger partial charge < -0.3 is 0 Å². The molecule has 0 saturated heterocycles. The van der Waals surface area contributed by atoms with Gasteiger partial charge in [0.2, 0.25) is 0 Å². The van der Waals surface area contributed by atoms with Crippen molar-refractivity contribution in [1.29, 1.82) is 0 Å². The highest BCUT2D eigenvalue weighted by molar-refractivity contribution is 5.86. The predicted molar refractivity (Wildman–Crippen MR) is 59.0 cm³/mol. The van der Waals surface area contributed by atoms with E-state index in [1.165, 1.54) is 7.05 Å². The van der Waals surface area contributed by atoms with Crippen molar-refractivity contribution < 1.29 is 18.0 Å². The van der Waals surface area contributed by atoms with Gasteiger partial charge >= 0.3 is 6.18 Å². The Morgan fingerprint density at radius 1 is 1.28 bits per heavy atom. The highest BCUT2D eigenvalue weighted by Crippen LogP contribution is 2.32. The van der Waals surface area contributed by atoms with Crippen LogP contribution in [-0.2, 0) is 13.2 Å². The number of benzene rings is 1. The zero-order valence-corrected chi connectivity index (χ0v) is 9.40. The fraction of sp³-hybridized carbons (Fsp3) is 0.167. The minimum atomic E-state index is -4.49. The molecule has 3 nitrogen and oxygen atoms in total. The summed E-state index contributed by atoms with van der Waals surface area (Å²) >= 11 is 0. The lowest BCUT2D eigenvalue weighted by Crippen LogP contribution is -2.06. The van der Waals surface area contributed by atoms with E-state index < -0.39 is 11.9 Å². The maximum absolute atomic E-state index is 12.5. The summed E-state index contributed by atoms with van der Waals surface area (Å²) in [4.78, 5) is 10.9. The van der Waals surface area contributed by atoms with Crippen molar-refractivity contribution in [2.45, 2.75) is 6.18 Å². The van der Waals surface area contributed by atoms with Crippen LogP contribution in [0.2, 0.25) is 0 Å². The lowest BCUT2D eigenvalue weighted by molar-refractivity contribution is -0.141. The molecule has 0 saturated carbocycles. The Kier molecular flexibility index (Phi) is 2.94. The number of aldehydes is 1. The van der Waals surface area contributed by atoms with Gasteiger partial charge in [-0.3, -0.25) is 9.48 Å². The van der Waals surface area contributed by atoms with E-state index in [-0.39, 0.29) is 5.69 Å². The topological polar surface area (TPSA) is 34.9 Å². The Balaban J connectivity index is 2.58. The Bertz CT molecular complexity index is 587. The molecule has 0 aliphatic heterocycles. The van der Waals surface area contributed by atoms with Crippen LogP contribution in [0.3, 0.4) is 0 Å². The Morgan fingerprint density at radius 3 is 2.50 bits per heavy atom. The van der Waals surface area contributed by atoms with Crippen molar-refractivity contribution >= 4 is 6.29 Å². The van der Waals surface area contributed by atoms with Gasteiger partial charge in [0.1, 0.15) is 0 Å². The van der Waals surface area contributed by atoms with E-state index in [4.69, 9.17) is 0 Å². The predicted octanol–water partition coefficient (Wildman–Crippen LogP) is 2.92. The third-order valence-electron chi connectivity index (χ3n) is 2.53. The van der Waals surface area contributed by atoms with Crippen LogP contribution < -0.4 is 0 Å². The first-order chi connectivity index (χ1) is 8.43. The number of carbonyl (C=O) groups excluding carboxylic acids is 1. The first kappa shape index (κ1) is 12.3. The van der Waals surface area contributed by atoms with Crippen molar-refractivity contribution in [3.63, 3.8) is 0 Å². The molecule has 0 atom stereocenters. The average Bonchev–Trinajstić information content (AvgIpc) is 2.71. The number of hydrogen-bond donors (Lipinski definition) is 0. The summed E-state index contributed by atoms with van der Waals surface area (Å²) in [6.45, 7) is 0. The van der Waals surface area contributed by atoms with E-state index >= 15 is 0 Å². The fourth-order valence-corrected chi connectivity index (χ4v) is 1.69. The number of hydrogen-bond acceptors (Lipinski definition) is 2. The molecule has 0 N–H and O–H groups in total. The molecular weight excluding hydrogens is 245 g/mol. The molecule has 0 aliphatic rings. The van der Waals surface area contributed by atoms with Gasteiger partial charge in [-0.15, -0.1) is 0 Å². The molecule has 0 radical (unpaired) electrons. The standard InChI is InChI=1S/C12H9F3N2O/c1-17-10(6-11(16-17)12(13,14)15)9-5-3-2-4-8(9)7-18/h2-7H,1H3. The Morgan fingerprint density at radius 2 is 1.94 bits per heavy atom. The first-order valence-corrected chi connectivity index (χ1v) is 5.09. The molecular formula is C12H9F3N2O. The Hall–Kier alpha value is -2.11. The summed E-state index contributed by atoms with van der Waals surface area (Å²) in [6.07, 6.45) is -3.89. The first-order valence-electron chi connectivity index (χ1n) is 5.09. The number of alkyl halides is 3. The second kappa shape index (κ2) is 4.29. The molecule has 2 aromatic rings. The van der Waals surface area contributed by atoms with Crippen molar-refractivity contribution in [2.24, 2.45) is 7.05 Å². The number of halogens is 3. The maximum atomic E-state index is 12.5. The van der Waals surface area contributed by atoms with E-state index in [1.807, 2.05) is 0 Å². The molecule has 0 spiro atoms. The molecule has 6 heteroatoms. The normalized spacial score (nSPS) is 11.6. The number of carbonyl (C=O) groups is 1. The van der Waals surface area contributed by atoms with Gasteiger partial charge in [-0.2, -0.15) is 18.3 Å². The lowest BCUT2D eigenvalue weighted by atomic mass is 10.1. The van der Waals surface area contributed by atoms with Crippen LogP contribution in [-0.4, -0.2) is 16.1 Å². The number of rotatable bonds is 2. The van der Waals surface area contributed by atoms with Crippen LogP contribution >= 0.6 is 0 Å². The summed E-state index contributed by atoms with van der Waals surface area (Å²) in [6, 6.07) is 7.36. The molecule has 0 unspecified atom stereocenters. The third-order valence-corrected chi connectivity index (χ3v) is 2.53. The molecule has 0 bridgehead atoms. The molecule has 2 rings (SSSR count). The maximum Gasteiger partial charge on any atom is 0.435 e. The summed E-state index contributed by atoms with van der Waals surface area (Å²) in [5.41, 5.74) is 0.0398. The van der Waals surface area contributed by atoms with Crippen molar-refractivity contribution in [3.05, 3.63) is 41.6 Å². The van der Waals surface area contributed by atoms with E-state index in [9.17, 15) is 18.0 Å². The van der Waals surface area contributed by atoms with E-state index in [0.717, 1.165) is 10.7 Å². The quantitative estimate of drug-likeness (QED) is 0.772. The molecule has 94 valence electrons. The monoisotopic (exact) mass is 254 g/mol. The minimum Gasteiger partial charge on any atom is -0.298 e. The van der Waals surface area contributed by atoms with Crippen molar-refractivity contribution in [1.82, 2.24) is 9.78 Å². The highest BCUT2D eigenvalue weighted by atomic mass is 19.4. The highest BCUT2D eigenvalue weighted by Gasteiger charge is 2.34. The van der Waals surface area contributed by atoms with Gasteiger partial charge in [0.15, 0.2) is 12.0 Å².